The van der Waals surface area contributed by atoms with Gasteiger partial charge in [0.2, 0.25) is 11.8 Å². The molecule has 6 nitrogen and oxygen atoms in total. The lowest BCUT2D eigenvalue weighted by molar-refractivity contribution is -0.134. The van der Waals surface area contributed by atoms with Crippen LogP contribution in [-0.2, 0) is 9.59 Å². The third kappa shape index (κ3) is 3.64. The van der Waals surface area contributed by atoms with E-state index >= 15 is 0 Å². The first-order valence-electron chi connectivity index (χ1n) is 8.10. The van der Waals surface area contributed by atoms with Crippen LogP contribution < -0.4 is 10.1 Å². The summed E-state index contributed by atoms with van der Waals surface area (Å²) in [5.74, 6) is 0.911. The molecule has 2 amide bonds. The third-order valence-corrected chi connectivity index (χ3v) is 4.53. The van der Waals surface area contributed by atoms with Gasteiger partial charge in [-0.15, -0.1) is 0 Å². The molecule has 3 rings (SSSR count). The second-order valence-electron chi connectivity index (χ2n) is 6.08. The molecule has 2 saturated heterocycles. The highest BCUT2D eigenvalue weighted by atomic mass is 16.5. The molecule has 0 radical (unpaired) electrons. The van der Waals surface area contributed by atoms with E-state index in [1.165, 1.54) is 0 Å². The lowest BCUT2D eigenvalue weighted by Crippen LogP contribution is -2.51. The molecule has 1 aromatic rings. The quantitative estimate of drug-likeness (QED) is 0.892. The second kappa shape index (κ2) is 7.00. The number of hydrogen-bond acceptors (Lipinski definition) is 4. The largest absolute Gasteiger partial charge is 0.497 e. The zero-order valence-corrected chi connectivity index (χ0v) is 13.5. The minimum Gasteiger partial charge on any atom is -0.497 e. The molecule has 0 aliphatic carbocycles. The van der Waals surface area contributed by atoms with Gasteiger partial charge in [0.05, 0.1) is 26.2 Å². The first-order chi connectivity index (χ1) is 11.2. The van der Waals surface area contributed by atoms with E-state index in [4.69, 9.17) is 4.74 Å². The Balaban J connectivity index is 1.68. The van der Waals surface area contributed by atoms with Gasteiger partial charge in [-0.3, -0.25) is 14.5 Å². The summed E-state index contributed by atoms with van der Waals surface area (Å²) in [5, 5.41) is 2.78. The van der Waals surface area contributed by atoms with Crippen molar-refractivity contribution in [2.75, 3.05) is 39.8 Å². The van der Waals surface area contributed by atoms with Crippen molar-refractivity contribution in [3.63, 3.8) is 0 Å². The van der Waals surface area contributed by atoms with Crippen LogP contribution in [-0.4, -0.2) is 61.4 Å². The Hall–Kier alpha value is -2.08. The summed E-state index contributed by atoms with van der Waals surface area (Å²) in [7, 11) is 1.65. The second-order valence-corrected chi connectivity index (χ2v) is 6.08. The fraction of sp³-hybridized carbons (Fsp3) is 0.529. The van der Waals surface area contributed by atoms with Gasteiger partial charge in [0.15, 0.2) is 0 Å². The van der Waals surface area contributed by atoms with Crippen LogP contribution in [0.4, 0.5) is 0 Å². The number of rotatable bonds is 4. The van der Waals surface area contributed by atoms with Gasteiger partial charge in [0.1, 0.15) is 5.75 Å². The smallest absolute Gasteiger partial charge is 0.237 e. The number of methoxy groups -OCH3 is 1. The predicted octanol–water partition coefficient (Wildman–Crippen LogP) is 0.791. The molecule has 2 aliphatic rings. The number of benzene rings is 1. The van der Waals surface area contributed by atoms with Gasteiger partial charge in [-0.1, -0.05) is 12.1 Å². The summed E-state index contributed by atoms with van der Waals surface area (Å²) < 4.78 is 5.29. The molecule has 6 heteroatoms. The Bertz CT molecular complexity index is 590. The molecule has 0 aromatic heterocycles. The molecule has 1 atom stereocenters. The minimum absolute atomic E-state index is 0.00480. The fourth-order valence-electron chi connectivity index (χ4n) is 3.37. The Morgan fingerprint density at radius 2 is 2.26 bits per heavy atom. The van der Waals surface area contributed by atoms with Crippen LogP contribution in [0.5, 0.6) is 5.75 Å². The topological polar surface area (TPSA) is 61.9 Å². The van der Waals surface area contributed by atoms with E-state index in [9.17, 15) is 9.59 Å². The van der Waals surface area contributed by atoms with Crippen molar-refractivity contribution in [2.45, 2.75) is 18.9 Å². The van der Waals surface area contributed by atoms with E-state index in [2.05, 4.69) is 5.32 Å². The van der Waals surface area contributed by atoms with E-state index in [-0.39, 0.29) is 17.9 Å². The van der Waals surface area contributed by atoms with Crippen molar-refractivity contribution >= 4 is 11.8 Å². The van der Waals surface area contributed by atoms with Gasteiger partial charge in [-0.25, -0.2) is 0 Å². The maximum absolute atomic E-state index is 12.7. The van der Waals surface area contributed by atoms with Gasteiger partial charge >= 0.3 is 0 Å². The summed E-state index contributed by atoms with van der Waals surface area (Å²) in [6.45, 7) is 2.75. The molecular weight excluding hydrogens is 294 g/mol. The first kappa shape index (κ1) is 15.8. The lowest BCUT2D eigenvalue weighted by atomic mass is 10.0. The summed E-state index contributed by atoms with van der Waals surface area (Å²) in [5.41, 5.74) is 1.12. The van der Waals surface area contributed by atoms with Crippen molar-refractivity contribution in [3.8, 4) is 5.75 Å². The van der Waals surface area contributed by atoms with Gasteiger partial charge in [-0.05, 0) is 30.5 Å². The van der Waals surface area contributed by atoms with Gasteiger partial charge < -0.3 is 15.0 Å². The molecule has 23 heavy (non-hydrogen) atoms. The Kier molecular flexibility index (Phi) is 4.81. The number of carbonyl (C=O) groups is 2. The highest BCUT2D eigenvalue weighted by molar-refractivity contribution is 5.82. The summed E-state index contributed by atoms with van der Waals surface area (Å²) in [6, 6.07) is 8.04. The van der Waals surface area contributed by atoms with Crippen molar-refractivity contribution in [1.29, 1.82) is 0 Å². The van der Waals surface area contributed by atoms with Crippen LogP contribution in [0.25, 0.3) is 0 Å². The summed E-state index contributed by atoms with van der Waals surface area (Å²) in [6.07, 6.45) is 1.98. The van der Waals surface area contributed by atoms with Crippen molar-refractivity contribution in [1.82, 2.24) is 15.1 Å². The van der Waals surface area contributed by atoms with E-state index in [0.29, 0.717) is 19.6 Å². The Morgan fingerprint density at radius 1 is 1.39 bits per heavy atom. The number of likely N-dealkylation sites (tertiary alicyclic amines) is 1. The van der Waals surface area contributed by atoms with Gasteiger partial charge in [0, 0.05) is 19.6 Å². The standard InChI is InChI=1S/C17H23N3O3/c1-23-14-5-2-4-13(10-14)15-6-3-8-20(15)17(22)12-19-9-7-18-16(21)11-19/h2,4-5,10,15H,3,6-9,11-12H2,1H3,(H,18,21)/t15-/m1/s1. The van der Waals surface area contributed by atoms with E-state index in [1.54, 1.807) is 7.11 Å². The Morgan fingerprint density at radius 3 is 3.04 bits per heavy atom. The molecule has 0 bridgehead atoms. The molecule has 0 spiro atoms. The number of hydrogen-bond donors (Lipinski definition) is 1. The molecule has 2 fully saturated rings. The molecule has 1 N–H and O–H groups in total. The van der Waals surface area contributed by atoms with E-state index in [0.717, 1.165) is 37.2 Å². The number of carbonyl (C=O) groups excluding carboxylic acids is 2. The average molecular weight is 317 g/mol. The fourth-order valence-corrected chi connectivity index (χ4v) is 3.37. The average Bonchev–Trinajstić information content (AvgIpc) is 3.05. The number of nitrogens with zero attached hydrogens (tertiary/aromatic N) is 2. The maximum Gasteiger partial charge on any atom is 0.237 e. The van der Waals surface area contributed by atoms with E-state index < -0.39 is 0 Å². The van der Waals surface area contributed by atoms with Crippen LogP contribution in [0.2, 0.25) is 0 Å². The molecule has 0 saturated carbocycles. The molecule has 124 valence electrons. The number of ether oxygens (including phenoxy) is 1. The van der Waals surface area contributed by atoms with Crippen LogP contribution in [0.3, 0.4) is 0 Å². The SMILES string of the molecule is COc1cccc([C@H]2CCCN2C(=O)CN2CCNC(=O)C2)c1. The minimum atomic E-state index is -0.00480. The highest BCUT2D eigenvalue weighted by Gasteiger charge is 2.31. The van der Waals surface area contributed by atoms with Crippen molar-refractivity contribution in [2.24, 2.45) is 0 Å². The van der Waals surface area contributed by atoms with Crippen LogP contribution in [0.15, 0.2) is 24.3 Å². The molecule has 1 aromatic carbocycles. The van der Waals surface area contributed by atoms with E-state index in [1.807, 2.05) is 34.1 Å². The maximum atomic E-state index is 12.7. The van der Waals surface area contributed by atoms with Crippen LogP contribution >= 0.6 is 0 Å². The number of amides is 2. The molecule has 2 aliphatic heterocycles. The monoisotopic (exact) mass is 317 g/mol. The zero-order valence-electron chi connectivity index (χ0n) is 13.5. The van der Waals surface area contributed by atoms with Crippen molar-refractivity contribution in [3.05, 3.63) is 29.8 Å². The van der Waals surface area contributed by atoms with Crippen LogP contribution in [0, 0.1) is 0 Å². The first-order valence-corrected chi connectivity index (χ1v) is 8.10. The Labute approximate surface area is 136 Å². The van der Waals surface area contributed by atoms with Gasteiger partial charge in [-0.2, -0.15) is 0 Å². The number of piperazine rings is 1. The highest BCUT2D eigenvalue weighted by Crippen LogP contribution is 2.33. The van der Waals surface area contributed by atoms with Crippen LogP contribution in [0.1, 0.15) is 24.4 Å². The summed E-state index contributed by atoms with van der Waals surface area (Å²) in [4.78, 5) is 28.0. The van der Waals surface area contributed by atoms with Gasteiger partial charge in [0.25, 0.3) is 0 Å². The summed E-state index contributed by atoms with van der Waals surface area (Å²) >= 11 is 0. The molecular formula is C17H23N3O3. The molecule has 0 unspecified atom stereocenters. The lowest BCUT2D eigenvalue weighted by Gasteiger charge is -2.30. The predicted molar refractivity (Wildman–Crippen MR) is 86.1 cm³/mol. The van der Waals surface area contributed by atoms with Crippen molar-refractivity contribution < 1.29 is 14.3 Å². The molecule has 2 heterocycles. The third-order valence-electron chi connectivity index (χ3n) is 4.53. The number of nitrogens with one attached hydrogen (secondary N) is 1. The zero-order chi connectivity index (χ0) is 16.2. The normalized spacial score (nSPS) is 22.0.